The van der Waals surface area contributed by atoms with Crippen LogP contribution in [0.3, 0.4) is 0 Å². The van der Waals surface area contributed by atoms with E-state index in [4.69, 9.17) is 0 Å². The van der Waals surface area contributed by atoms with Crippen molar-refractivity contribution < 1.29 is 14.4 Å². The molecular formula is C35H30N4O3S2. The van der Waals surface area contributed by atoms with Gasteiger partial charge in [0, 0.05) is 27.1 Å². The normalized spacial score (nSPS) is 11.8. The zero-order valence-corrected chi connectivity index (χ0v) is 25.7. The van der Waals surface area contributed by atoms with Gasteiger partial charge >= 0.3 is 0 Å². The fraction of sp³-hybridized carbons (Fsp3) is 0.0857. The fourth-order valence-corrected chi connectivity index (χ4v) is 5.81. The topological polar surface area (TPSA) is 100 Å². The third-order valence-electron chi connectivity index (χ3n) is 6.50. The Kier molecular flexibility index (Phi) is 10.0. The molecule has 220 valence electrons. The molecule has 0 aliphatic carbocycles. The average Bonchev–Trinajstić information content (AvgIpc) is 3.50. The molecule has 44 heavy (non-hydrogen) atoms. The highest BCUT2D eigenvalue weighted by atomic mass is 32.2. The minimum atomic E-state index is -0.473. The first-order chi connectivity index (χ1) is 21.3. The van der Waals surface area contributed by atoms with E-state index in [1.807, 2.05) is 86.0 Å². The van der Waals surface area contributed by atoms with Gasteiger partial charge in [0.15, 0.2) is 5.13 Å². The first-order valence-corrected chi connectivity index (χ1v) is 15.6. The Balaban J connectivity index is 1.24. The molecule has 0 aliphatic heterocycles. The molecule has 1 heterocycles. The number of nitrogens with zero attached hydrogens (tertiary/aromatic N) is 1. The number of amides is 3. The summed E-state index contributed by atoms with van der Waals surface area (Å²) in [5, 5.41) is 10.6. The number of hydrogen-bond acceptors (Lipinski definition) is 6. The van der Waals surface area contributed by atoms with Gasteiger partial charge in [-0.15, -0.1) is 23.1 Å². The van der Waals surface area contributed by atoms with Gasteiger partial charge < -0.3 is 16.0 Å². The summed E-state index contributed by atoms with van der Waals surface area (Å²) in [6, 6.07) is 33.3. The number of thiazole rings is 1. The van der Waals surface area contributed by atoms with E-state index in [-0.39, 0.29) is 11.6 Å². The number of anilines is 2. The maximum atomic E-state index is 13.4. The van der Waals surface area contributed by atoms with E-state index >= 15 is 0 Å². The van der Waals surface area contributed by atoms with E-state index in [2.05, 4.69) is 20.9 Å². The molecule has 3 amide bonds. The summed E-state index contributed by atoms with van der Waals surface area (Å²) in [5.41, 5.74) is 4.82. The monoisotopic (exact) mass is 618 g/mol. The molecule has 1 aromatic heterocycles. The van der Waals surface area contributed by atoms with Crippen molar-refractivity contribution in [1.82, 2.24) is 10.3 Å². The number of carbonyl (C=O) groups excluding carboxylic acids is 3. The lowest BCUT2D eigenvalue weighted by Crippen LogP contribution is -2.30. The Morgan fingerprint density at radius 1 is 0.841 bits per heavy atom. The van der Waals surface area contributed by atoms with Gasteiger partial charge in [0.2, 0.25) is 5.91 Å². The van der Waals surface area contributed by atoms with Gasteiger partial charge in [-0.25, -0.2) is 4.98 Å². The smallest absolute Gasteiger partial charge is 0.272 e. The fourth-order valence-electron chi connectivity index (χ4n) is 4.16. The summed E-state index contributed by atoms with van der Waals surface area (Å²) in [6.45, 7) is 3.85. The maximum Gasteiger partial charge on any atom is 0.272 e. The molecular weight excluding hydrogens is 589 g/mol. The van der Waals surface area contributed by atoms with Gasteiger partial charge in [-0.2, -0.15) is 0 Å². The molecule has 0 bridgehead atoms. The molecule has 0 radical (unpaired) electrons. The summed E-state index contributed by atoms with van der Waals surface area (Å²) >= 11 is 2.75. The molecule has 0 fully saturated rings. The van der Waals surface area contributed by atoms with Gasteiger partial charge in [-0.05, 0) is 55.8 Å². The van der Waals surface area contributed by atoms with Crippen LogP contribution in [-0.4, -0.2) is 28.0 Å². The maximum absolute atomic E-state index is 13.4. The molecule has 5 rings (SSSR count). The van der Waals surface area contributed by atoms with Crippen molar-refractivity contribution in [3.63, 3.8) is 0 Å². The lowest BCUT2D eigenvalue weighted by Gasteiger charge is -2.13. The van der Waals surface area contributed by atoms with Gasteiger partial charge in [-0.3, -0.25) is 14.4 Å². The molecule has 7 nitrogen and oxygen atoms in total. The van der Waals surface area contributed by atoms with E-state index in [0.29, 0.717) is 16.4 Å². The zero-order chi connectivity index (χ0) is 30.9. The van der Waals surface area contributed by atoms with E-state index in [9.17, 15) is 14.4 Å². The SMILES string of the molecule is Cc1ccc(-c2csc(NC(=O)C(C)Sc3cccc(NC(=O)/C(=C/c4ccccc4)NC(=O)c4ccccc4)c3)n2)cc1. The van der Waals surface area contributed by atoms with Crippen LogP contribution in [0.2, 0.25) is 0 Å². The standard InChI is InChI=1S/C35H30N4O3S2/c1-23-16-18-26(19-17-23)31-22-43-35(38-31)39-32(40)24(2)44-29-15-9-14-28(21-29)36-34(42)30(20-25-10-5-3-6-11-25)37-33(41)27-12-7-4-8-13-27/h3-22,24H,1-2H3,(H,36,42)(H,37,41)(H,38,39,40)/b30-20-. The number of hydrogen-bond donors (Lipinski definition) is 3. The number of rotatable bonds is 10. The highest BCUT2D eigenvalue weighted by molar-refractivity contribution is 8.00. The Bertz CT molecular complexity index is 1790. The molecule has 4 aromatic carbocycles. The van der Waals surface area contributed by atoms with Gasteiger partial charge in [0.1, 0.15) is 5.70 Å². The summed E-state index contributed by atoms with van der Waals surface area (Å²) < 4.78 is 0. The van der Waals surface area contributed by atoms with Crippen LogP contribution in [0.15, 0.2) is 125 Å². The molecule has 1 atom stereocenters. The van der Waals surface area contributed by atoms with E-state index < -0.39 is 17.1 Å². The molecule has 9 heteroatoms. The first-order valence-electron chi connectivity index (χ1n) is 13.9. The van der Waals surface area contributed by atoms with Crippen LogP contribution in [0.1, 0.15) is 28.4 Å². The number of carbonyl (C=O) groups is 3. The third-order valence-corrected chi connectivity index (χ3v) is 8.35. The second-order valence-corrected chi connectivity index (χ2v) is 12.2. The Morgan fingerprint density at radius 3 is 2.27 bits per heavy atom. The van der Waals surface area contributed by atoms with Crippen LogP contribution in [0.5, 0.6) is 0 Å². The molecule has 0 spiro atoms. The van der Waals surface area contributed by atoms with Crippen molar-refractivity contribution in [2.75, 3.05) is 10.6 Å². The number of thioether (sulfide) groups is 1. The molecule has 0 saturated heterocycles. The minimum absolute atomic E-state index is 0.101. The van der Waals surface area contributed by atoms with E-state index in [0.717, 1.165) is 21.7 Å². The molecule has 0 aliphatic rings. The second kappa shape index (κ2) is 14.5. The van der Waals surface area contributed by atoms with Crippen LogP contribution in [-0.2, 0) is 9.59 Å². The highest BCUT2D eigenvalue weighted by Gasteiger charge is 2.18. The molecule has 3 N–H and O–H groups in total. The quantitative estimate of drug-likeness (QED) is 0.110. The first kappa shape index (κ1) is 30.5. The average molecular weight is 619 g/mol. The highest BCUT2D eigenvalue weighted by Crippen LogP contribution is 2.29. The van der Waals surface area contributed by atoms with E-state index in [1.54, 1.807) is 48.5 Å². The van der Waals surface area contributed by atoms with Gasteiger partial charge in [0.05, 0.1) is 10.9 Å². The second-order valence-electron chi connectivity index (χ2n) is 9.92. The van der Waals surface area contributed by atoms with Crippen molar-refractivity contribution in [3.05, 3.63) is 137 Å². The van der Waals surface area contributed by atoms with Crippen LogP contribution in [0, 0.1) is 6.92 Å². The molecule has 5 aromatic rings. The van der Waals surface area contributed by atoms with Crippen LogP contribution >= 0.6 is 23.1 Å². The zero-order valence-electron chi connectivity index (χ0n) is 24.1. The summed E-state index contributed by atoms with van der Waals surface area (Å²) in [7, 11) is 0. The van der Waals surface area contributed by atoms with Crippen molar-refractivity contribution in [1.29, 1.82) is 0 Å². The van der Waals surface area contributed by atoms with Crippen LogP contribution in [0.25, 0.3) is 17.3 Å². The summed E-state index contributed by atoms with van der Waals surface area (Å²) in [6.07, 6.45) is 1.63. The van der Waals surface area contributed by atoms with Crippen molar-refractivity contribution in [2.45, 2.75) is 24.0 Å². The predicted octanol–water partition coefficient (Wildman–Crippen LogP) is 7.65. The lowest BCUT2D eigenvalue weighted by molar-refractivity contribution is -0.115. The predicted molar refractivity (Wildman–Crippen MR) is 180 cm³/mol. The van der Waals surface area contributed by atoms with Crippen molar-refractivity contribution in [2.24, 2.45) is 0 Å². The summed E-state index contributed by atoms with van der Waals surface area (Å²) in [5.74, 6) is -1.04. The number of nitrogens with one attached hydrogen (secondary N) is 3. The van der Waals surface area contributed by atoms with Crippen molar-refractivity contribution in [3.8, 4) is 11.3 Å². The largest absolute Gasteiger partial charge is 0.321 e. The van der Waals surface area contributed by atoms with E-state index in [1.165, 1.54) is 28.7 Å². The minimum Gasteiger partial charge on any atom is -0.321 e. The molecule has 1 unspecified atom stereocenters. The van der Waals surface area contributed by atoms with Gasteiger partial charge in [-0.1, -0.05) is 84.4 Å². The lowest BCUT2D eigenvalue weighted by atomic mass is 10.1. The molecule has 0 saturated carbocycles. The number of aryl methyl sites for hydroxylation is 1. The third kappa shape index (κ3) is 8.31. The number of aromatic nitrogens is 1. The van der Waals surface area contributed by atoms with Gasteiger partial charge in [0.25, 0.3) is 11.8 Å². The Labute approximate surface area is 264 Å². The summed E-state index contributed by atoms with van der Waals surface area (Å²) in [4.78, 5) is 44.6. The van der Waals surface area contributed by atoms with Crippen molar-refractivity contribution >= 4 is 57.7 Å². The Morgan fingerprint density at radius 2 is 1.55 bits per heavy atom. The Hall–Kier alpha value is -4.99. The van der Waals surface area contributed by atoms with Crippen LogP contribution < -0.4 is 16.0 Å². The van der Waals surface area contributed by atoms with Crippen LogP contribution in [0.4, 0.5) is 10.8 Å². The number of benzene rings is 4.